The van der Waals surface area contributed by atoms with Gasteiger partial charge in [0.15, 0.2) is 0 Å². The smallest absolute Gasteiger partial charge is 0.242 e. The van der Waals surface area contributed by atoms with Crippen LogP contribution in [0.25, 0.3) is 0 Å². The summed E-state index contributed by atoms with van der Waals surface area (Å²) in [4.78, 5) is 26.8. The Hall–Kier alpha value is -2.47. The number of halogens is 3. The van der Waals surface area contributed by atoms with E-state index in [0.717, 1.165) is 0 Å². The zero-order valence-electron chi connectivity index (χ0n) is 16.0. The Morgan fingerprint density at radius 1 is 1.07 bits per heavy atom. The molecule has 0 saturated heterocycles. The van der Waals surface area contributed by atoms with Crippen LogP contribution >= 0.6 is 11.6 Å². The summed E-state index contributed by atoms with van der Waals surface area (Å²) in [6.45, 7) is 5.31. The van der Waals surface area contributed by atoms with Crippen molar-refractivity contribution in [1.82, 2.24) is 10.2 Å². The third kappa shape index (κ3) is 5.76. The first-order valence-corrected chi connectivity index (χ1v) is 9.34. The van der Waals surface area contributed by atoms with Gasteiger partial charge in [0, 0.05) is 23.2 Å². The molecule has 1 atom stereocenters. The van der Waals surface area contributed by atoms with Crippen LogP contribution in [0, 0.1) is 11.6 Å². The van der Waals surface area contributed by atoms with Gasteiger partial charge in [0.05, 0.1) is 6.42 Å². The molecule has 0 aliphatic carbocycles. The molecule has 0 aliphatic rings. The van der Waals surface area contributed by atoms with Crippen LogP contribution in [0.2, 0.25) is 5.02 Å². The Kier molecular flexibility index (Phi) is 7.52. The second kappa shape index (κ2) is 9.64. The third-order valence-corrected chi connectivity index (χ3v) is 4.61. The summed E-state index contributed by atoms with van der Waals surface area (Å²) in [5.74, 6) is -1.76. The third-order valence-electron chi connectivity index (χ3n) is 4.25. The Morgan fingerprint density at radius 3 is 2.29 bits per heavy atom. The first kappa shape index (κ1) is 21.8. The van der Waals surface area contributed by atoms with Crippen LogP contribution in [-0.2, 0) is 22.6 Å². The predicted molar refractivity (Wildman–Crippen MR) is 105 cm³/mol. The maximum Gasteiger partial charge on any atom is 0.242 e. The quantitative estimate of drug-likeness (QED) is 0.749. The van der Waals surface area contributed by atoms with Crippen molar-refractivity contribution in [3.05, 3.63) is 70.2 Å². The first-order chi connectivity index (χ1) is 13.2. The fraction of sp³-hybridized carbons (Fsp3) is 0.333. The van der Waals surface area contributed by atoms with Crippen LogP contribution < -0.4 is 5.32 Å². The van der Waals surface area contributed by atoms with Gasteiger partial charge in [0.2, 0.25) is 11.8 Å². The van der Waals surface area contributed by atoms with Crippen molar-refractivity contribution >= 4 is 23.4 Å². The number of hydrogen-bond donors (Lipinski definition) is 1. The molecule has 0 saturated carbocycles. The van der Waals surface area contributed by atoms with Crippen LogP contribution in [-0.4, -0.2) is 28.8 Å². The van der Waals surface area contributed by atoms with E-state index in [0.29, 0.717) is 5.56 Å². The number of hydrogen-bond acceptors (Lipinski definition) is 2. The lowest BCUT2D eigenvalue weighted by molar-refractivity contribution is -0.140. The summed E-state index contributed by atoms with van der Waals surface area (Å²) in [7, 11) is 0. The molecule has 4 nitrogen and oxygen atoms in total. The van der Waals surface area contributed by atoms with Crippen molar-refractivity contribution < 1.29 is 18.4 Å². The van der Waals surface area contributed by atoms with Crippen molar-refractivity contribution in [3.8, 4) is 0 Å². The molecular weight excluding hydrogens is 386 g/mol. The van der Waals surface area contributed by atoms with Crippen molar-refractivity contribution in [3.63, 3.8) is 0 Å². The number of rotatable bonds is 7. The van der Waals surface area contributed by atoms with Gasteiger partial charge in [-0.15, -0.1) is 0 Å². The van der Waals surface area contributed by atoms with Crippen LogP contribution in [0.1, 0.15) is 31.9 Å². The van der Waals surface area contributed by atoms with E-state index in [1.807, 2.05) is 13.8 Å². The van der Waals surface area contributed by atoms with E-state index in [1.54, 1.807) is 19.1 Å². The second-order valence-corrected chi connectivity index (χ2v) is 7.27. The molecule has 28 heavy (non-hydrogen) atoms. The van der Waals surface area contributed by atoms with Gasteiger partial charge in [-0.2, -0.15) is 0 Å². The average molecular weight is 409 g/mol. The topological polar surface area (TPSA) is 49.4 Å². The minimum Gasteiger partial charge on any atom is -0.352 e. The molecule has 150 valence electrons. The van der Waals surface area contributed by atoms with Crippen LogP contribution in [0.3, 0.4) is 0 Å². The van der Waals surface area contributed by atoms with E-state index in [2.05, 4.69) is 5.32 Å². The van der Waals surface area contributed by atoms with Gasteiger partial charge in [0.1, 0.15) is 17.7 Å². The average Bonchev–Trinajstić information content (AvgIpc) is 2.63. The highest BCUT2D eigenvalue weighted by molar-refractivity contribution is 6.31. The van der Waals surface area contributed by atoms with Crippen LogP contribution in [0.15, 0.2) is 42.5 Å². The van der Waals surface area contributed by atoms with Crippen molar-refractivity contribution in [1.29, 1.82) is 0 Å². The molecule has 0 aliphatic heterocycles. The number of amides is 2. The van der Waals surface area contributed by atoms with Gasteiger partial charge in [0.25, 0.3) is 0 Å². The Balaban J connectivity index is 2.29. The molecule has 0 aromatic heterocycles. The lowest BCUT2D eigenvalue weighted by Gasteiger charge is -2.29. The molecule has 0 spiro atoms. The van der Waals surface area contributed by atoms with Gasteiger partial charge in [-0.1, -0.05) is 29.8 Å². The molecule has 7 heteroatoms. The van der Waals surface area contributed by atoms with Gasteiger partial charge in [-0.05, 0) is 50.6 Å². The summed E-state index contributed by atoms with van der Waals surface area (Å²) >= 11 is 6.04. The molecule has 2 rings (SSSR count). The molecule has 1 unspecified atom stereocenters. The standard InChI is InChI=1S/C21H23ClF2N2O2/c1-13(2)25-21(28)14(3)26(12-15-7-9-16(23)10-8-15)20(27)11-17-18(22)5-4-6-19(17)24/h4-10,13-14H,11-12H2,1-3H3,(H,25,28). The van der Waals surface area contributed by atoms with Crippen molar-refractivity contribution in [2.75, 3.05) is 0 Å². The van der Waals surface area contributed by atoms with Gasteiger partial charge in [-0.3, -0.25) is 9.59 Å². The second-order valence-electron chi connectivity index (χ2n) is 6.86. The minimum absolute atomic E-state index is 0.0785. The highest BCUT2D eigenvalue weighted by Gasteiger charge is 2.27. The maximum absolute atomic E-state index is 14.1. The molecule has 0 bridgehead atoms. The molecule has 1 N–H and O–H groups in total. The lowest BCUT2D eigenvalue weighted by Crippen LogP contribution is -2.49. The van der Waals surface area contributed by atoms with Crippen LogP contribution in [0.4, 0.5) is 8.78 Å². The fourth-order valence-corrected chi connectivity index (χ4v) is 2.96. The molecule has 2 aromatic carbocycles. The summed E-state index contributed by atoms with van der Waals surface area (Å²) in [5, 5.41) is 2.91. The van der Waals surface area contributed by atoms with Crippen molar-refractivity contribution in [2.45, 2.75) is 45.8 Å². The van der Waals surface area contributed by atoms with Crippen molar-refractivity contribution in [2.24, 2.45) is 0 Å². The van der Waals surface area contributed by atoms with E-state index in [1.165, 1.54) is 35.2 Å². The summed E-state index contributed by atoms with van der Waals surface area (Å²) < 4.78 is 27.3. The zero-order chi connectivity index (χ0) is 20.8. The Morgan fingerprint density at radius 2 is 1.71 bits per heavy atom. The number of benzene rings is 2. The largest absolute Gasteiger partial charge is 0.352 e. The Labute approximate surface area is 168 Å². The monoisotopic (exact) mass is 408 g/mol. The van der Waals surface area contributed by atoms with E-state index in [9.17, 15) is 18.4 Å². The number of nitrogens with zero attached hydrogens (tertiary/aromatic N) is 1. The van der Waals surface area contributed by atoms with Crippen LogP contribution in [0.5, 0.6) is 0 Å². The summed E-state index contributed by atoms with van der Waals surface area (Å²) in [5.41, 5.74) is 0.730. The molecule has 0 radical (unpaired) electrons. The lowest BCUT2D eigenvalue weighted by atomic mass is 10.1. The predicted octanol–water partition coefficient (Wildman–Crippen LogP) is 4.10. The number of carbonyl (C=O) groups excluding carboxylic acids is 2. The van der Waals surface area contributed by atoms with Gasteiger partial charge in [-0.25, -0.2) is 8.78 Å². The Bertz CT molecular complexity index is 821. The normalized spacial score (nSPS) is 12.0. The number of carbonyl (C=O) groups is 2. The minimum atomic E-state index is -0.800. The van der Waals surface area contributed by atoms with E-state index >= 15 is 0 Å². The SMILES string of the molecule is CC(C)NC(=O)C(C)N(Cc1ccc(F)cc1)C(=O)Cc1c(F)cccc1Cl. The molecule has 2 amide bonds. The highest BCUT2D eigenvalue weighted by Crippen LogP contribution is 2.21. The molecule has 2 aromatic rings. The van der Waals surface area contributed by atoms with E-state index < -0.39 is 23.6 Å². The molecule has 0 heterocycles. The van der Waals surface area contributed by atoms with Gasteiger partial charge >= 0.3 is 0 Å². The fourth-order valence-electron chi connectivity index (χ4n) is 2.73. The van der Waals surface area contributed by atoms with E-state index in [-0.39, 0.29) is 35.5 Å². The number of nitrogens with one attached hydrogen (secondary N) is 1. The maximum atomic E-state index is 14.1. The summed E-state index contributed by atoms with van der Waals surface area (Å²) in [6, 6.07) is 8.94. The zero-order valence-corrected chi connectivity index (χ0v) is 16.8. The van der Waals surface area contributed by atoms with E-state index in [4.69, 9.17) is 11.6 Å². The van der Waals surface area contributed by atoms with Gasteiger partial charge < -0.3 is 10.2 Å². The summed E-state index contributed by atoms with van der Waals surface area (Å²) in [6.07, 6.45) is -0.286. The molecular formula is C21H23ClF2N2O2. The first-order valence-electron chi connectivity index (χ1n) is 8.96. The highest BCUT2D eigenvalue weighted by atomic mass is 35.5. The molecule has 0 fully saturated rings.